The largest absolute Gasteiger partial charge is 0.493 e. The summed E-state index contributed by atoms with van der Waals surface area (Å²) in [7, 11) is 4.33. The molecule has 0 unspecified atom stereocenters. The zero-order valence-corrected chi connectivity index (χ0v) is 12.8. The standard InChI is InChI=1S/C14H16F3N3O3/c1-21-5-4-18-12-8-6-10(22-2)11(23-3)7-9(8)19-13(20-12)14(15,16)17/h6-7H,4-5H2,1-3H3,(H,18,19,20). The first-order valence-corrected chi connectivity index (χ1v) is 6.64. The average Bonchev–Trinajstić information content (AvgIpc) is 2.52. The van der Waals surface area contributed by atoms with Gasteiger partial charge in [0.2, 0.25) is 5.82 Å². The Balaban J connectivity index is 2.62. The van der Waals surface area contributed by atoms with Crippen molar-refractivity contribution in [1.29, 1.82) is 0 Å². The van der Waals surface area contributed by atoms with Gasteiger partial charge in [-0.15, -0.1) is 0 Å². The van der Waals surface area contributed by atoms with Gasteiger partial charge < -0.3 is 19.5 Å². The highest BCUT2D eigenvalue weighted by Crippen LogP contribution is 2.36. The summed E-state index contributed by atoms with van der Waals surface area (Å²) in [6.07, 6.45) is -4.65. The summed E-state index contributed by atoms with van der Waals surface area (Å²) in [5.74, 6) is -0.509. The molecule has 1 aromatic carbocycles. The smallest absolute Gasteiger partial charge is 0.451 e. The van der Waals surface area contributed by atoms with Gasteiger partial charge in [0.05, 0.1) is 26.3 Å². The highest BCUT2D eigenvalue weighted by Gasteiger charge is 2.35. The molecule has 1 aromatic heterocycles. The predicted molar refractivity (Wildman–Crippen MR) is 78.0 cm³/mol. The first kappa shape index (κ1) is 17.1. The Morgan fingerprint density at radius 3 is 2.26 bits per heavy atom. The maximum absolute atomic E-state index is 13.0. The number of alkyl halides is 3. The molecule has 0 aliphatic heterocycles. The van der Waals surface area contributed by atoms with Gasteiger partial charge in [-0.05, 0) is 6.07 Å². The number of halogens is 3. The minimum Gasteiger partial charge on any atom is -0.493 e. The molecule has 1 heterocycles. The molecule has 0 amide bonds. The number of anilines is 1. The quantitative estimate of drug-likeness (QED) is 0.821. The second-order valence-electron chi connectivity index (χ2n) is 4.54. The first-order chi connectivity index (χ1) is 10.9. The van der Waals surface area contributed by atoms with Crippen molar-refractivity contribution in [2.45, 2.75) is 6.18 Å². The molecule has 0 saturated heterocycles. The van der Waals surface area contributed by atoms with Crippen LogP contribution in [-0.4, -0.2) is 44.4 Å². The molecule has 2 rings (SSSR count). The van der Waals surface area contributed by atoms with Crippen LogP contribution < -0.4 is 14.8 Å². The number of benzene rings is 1. The number of hydrogen-bond acceptors (Lipinski definition) is 6. The lowest BCUT2D eigenvalue weighted by molar-refractivity contribution is -0.144. The maximum Gasteiger partial charge on any atom is 0.451 e. The molecule has 0 aliphatic carbocycles. The van der Waals surface area contributed by atoms with E-state index in [0.29, 0.717) is 24.3 Å². The van der Waals surface area contributed by atoms with Gasteiger partial charge in [0.15, 0.2) is 11.5 Å². The lowest BCUT2D eigenvalue weighted by Gasteiger charge is -2.14. The average molecular weight is 331 g/mol. The molecular weight excluding hydrogens is 315 g/mol. The van der Waals surface area contributed by atoms with Crippen molar-refractivity contribution in [3.05, 3.63) is 18.0 Å². The molecule has 9 heteroatoms. The Morgan fingerprint density at radius 1 is 1.04 bits per heavy atom. The fourth-order valence-corrected chi connectivity index (χ4v) is 1.99. The van der Waals surface area contributed by atoms with E-state index in [9.17, 15) is 13.2 Å². The van der Waals surface area contributed by atoms with Crippen molar-refractivity contribution in [3.63, 3.8) is 0 Å². The van der Waals surface area contributed by atoms with Crippen LogP contribution in [0.5, 0.6) is 11.5 Å². The normalized spacial score (nSPS) is 11.6. The number of methoxy groups -OCH3 is 3. The van der Waals surface area contributed by atoms with Gasteiger partial charge in [-0.3, -0.25) is 0 Å². The number of rotatable bonds is 6. The van der Waals surface area contributed by atoms with Crippen LogP contribution in [0.1, 0.15) is 5.82 Å². The van der Waals surface area contributed by atoms with Crippen LogP contribution in [0.3, 0.4) is 0 Å². The molecule has 0 spiro atoms. The van der Waals surface area contributed by atoms with Crippen LogP contribution in [0.4, 0.5) is 19.0 Å². The summed E-state index contributed by atoms with van der Waals surface area (Å²) in [5, 5.41) is 3.21. The van der Waals surface area contributed by atoms with Gasteiger partial charge in [-0.1, -0.05) is 0 Å². The molecule has 2 aromatic rings. The van der Waals surface area contributed by atoms with E-state index >= 15 is 0 Å². The number of ether oxygens (including phenoxy) is 3. The Morgan fingerprint density at radius 2 is 1.70 bits per heavy atom. The summed E-state index contributed by atoms with van der Waals surface area (Å²) in [5.41, 5.74) is 0.102. The van der Waals surface area contributed by atoms with E-state index in [1.165, 1.54) is 33.5 Å². The molecule has 0 aliphatic rings. The summed E-state index contributed by atoms with van der Waals surface area (Å²) in [6, 6.07) is 2.91. The van der Waals surface area contributed by atoms with Crippen LogP contribution in [0.2, 0.25) is 0 Å². The van der Waals surface area contributed by atoms with Gasteiger partial charge in [0.25, 0.3) is 0 Å². The zero-order chi connectivity index (χ0) is 17.0. The summed E-state index contributed by atoms with van der Waals surface area (Å²) in [6.45, 7) is 0.619. The van der Waals surface area contributed by atoms with Gasteiger partial charge in [0, 0.05) is 25.1 Å². The van der Waals surface area contributed by atoms with E-state index in [4.69, 9.17) is 14.2 Å². The Hall–Kier alpha value is -2.29. The highest BCUT2D eigenvalue weighted by molar-refractivity contribution is 5.91. The Bertz CT molecular complexity index is 692. The summed E-state index contributed by atoms with van der Waals surface area (Å²) in [4.78, 5) is 7.15. The van der Waals surface area contributed by atoms with E-state index in [2.05, 4.69) is 15.3 Å². The first-order valence-electron chi connectivity index (χ1n) is 6.64. The SMILES string of the molecule is COCCNc1nc(C(F)(F)F)nc2cc(OC)c(OC)cc12. The van der Waals surface area contributed by atoms with Crippen molar-refractivity contribution in [2.24, 2.45) is 0 Å². The predicted octanol–water partition coefficient (Wildman–Crippen LogP) is 2.72. The number of nitrogens with one attached hydrogen (secondary N) is 1. The number of fused-ring (bicyclic) bond motifs is 1. The van der Waals surface area contributed by atoms with Crippen molar-refractivity contribution in [1.82, 2.24) is 9.97 Å². The molecular formula is C14H16F3N3O3. The fraction of sp³-hybridized carbons (Fsp3) is 0.429. The van der Waals surface area contributed by atoms with Crippen LogP contribution in [0, 0.1) is 0 Å². The van der Waals surface area contributed by atoms with E-state index in [0.717, 1.165) is 0 Å². The summed E-state index contributed by atoms with van der Waals surface area (Å²) < 4.78 is 54.1. The van der Waals surface area contributed by atoms with Crippen LogP contribution >= 0.6 is 0 Å². The van der Waals surface area contributed by atoms with E-state index in [-0.39, 0.29) is 17.1 Å². The Labute approximate surface area is 130 Å². The van der Waals surface area contributed by atoms with Gasteiger partial charge in [-0.2, -0.15) is 13.2 Å². The third-order valence-corrected chi connectivity index (χ3v) is 3.05. The molecule has 0 atom stereocenters. The van der Waals surface area contributed by atoms with E-state index < -0.39 is 12.0 Å². The molecule has 0 bridgehead atoms. The Kier molecular flexibility index (Phi) is 5.09. The zero-order valence-electron chi connectivity index (χ0n) is 12.8. The van der Waals surface area contributed by atoms with Crippen LogP contribution in [-0.2, 0) is 10.9 Å². The van der Waals surface area contributed by atoms with Crippen LogP contribution in [0.15, 0.2) is 12.1 Å². The van der Waals surface area contributed by atoms with Gasteiger partial charge in [0.1, 0.15) is 5.82 Å². The van der Waals surface area contributed by atoms with Crippen molar-refractivity contribution in [2.75, 3.05) is 39.8 Å². The molecule has 23 heavy (non-hydrogen) atoms. The number of hydrogen-bond donors (Lipinski definition) is 1. The molecule has 6 nitrogen and oxygen atoms in total. The molecule has 0 radical (unpaired) electrons. The van der Waals surface area contributed by atoms with E-state index in [1.807, 2.05) is 0 Å². The number of aromatic nitrogens is 2. The molecule has 0 saturated carbocycles. The molecule has 1 N–H and O–H groups in total. The summed E-state index contributed by atoms with van der Waals surface area (Å²) >= 11 is 0. The minimum absolute atomic E-state index is 0.0559. The topological polar surface area (TPSA) is 65.5 Å². The second-order valence-corrected chi connectivity index (χ2v) is 4.54. The third kappa shape index (κ3) is 3.73. The lowest BCUT2D eigenvalue weighted by atomic mass is 10.2. The van der Waals surface area contributed by atoms with Crippen LogP contribution in [0.25, 0.3) is 10.9 Å². The van der Waals surface area contributed by atoms with Gasteiger partial charge >= 0.3 is 6.18 Å². The lowest BCUT2D eigenvalue weighted by Crippen LogP contribution is -2.15. The molecule has 0 fully saturated rings. The third-order valence-electron chi connectivity index (χ3n) is 3.05. The molecule has 126 valence electrons. The van der Waals surface area contributed by atoms with Crippen molar-refractivity contribution >= 4 is 16.7 Å². The maximum atomic E-state index is 13.0. The monoisotopic (exact) mass is 331 g/mol. The highest BCUT2D eigenvalue weighted by atomic mass is 19.4. The number of nitrogens with zero attached hydrogens (tertiary/aromatic N) is 2. The van der Waals surface area contributed by atoms with Crippen molar-refractivity contribution in [3.8, 4) is 11.5 Å². The van der Waals surface area contributed by atoms with Crippen molar-refractivity contribution < 1.29 is 27.4 Å². The van der Waals surface area contributed by atoms with Gasteiger partial charge in [-0.25, -0.2) is 9.97 Å². The second kappa shape index (κ2) is 6.86. The minimum atomic E-state index is -4.65. The fourth-order valence-electron chi connectivity index (χ4n) is 1.99. The van der Waals surface area contributed by atoms with E-state index in [1.54, 1.807) is 0 Å².